The molecular formula is C7H10F2N2O2. The van der Waals surface area contributed by atoms with E-state index < -0.39 is 12.5 Å². The van der Waals surface area contributed by atoms with Gasteiger partial charge in [0.2, 0.25) is 0 Å². The lowest BCUT2D eigenvalue weighted by Crippen LogP contribution is -2.30. The van der Waals surface area contributed by atoms with Crippen molar-refractivity contribution in [3.63, 3.8) is 0 Å². The second-order valence-electron chi connectivity index (χ2n) is 2.54. The van der Waals surface area contributed by atoms with Crippen molar-refractivity contribution >= 4 is 0 Å². The van der Waals surface area contributed by atoms with Crippen LogP contribution in [0.3, 0.4) is 0 Å². The summed E-state index contributed by atoms with van der Waals surface area (Å²) in [6.45, 7) is 0. The third-order valence-electron chi connectivity index (χ3n) is 1.51. The van der Waals surface area contributed by atoms with E-state index in [9.17, 15) is 8.78 Å². The molecule has 2 N–H and O–H groups in total. The van der Waals surface area contributed by atoms with Gasteiger partial charge < -0.3 is 15.0 Å². The van der Waals surface area contributed by atoms with E-state index >= 15 is 0 Å². The Morgan fingerprint density at radius 2 is 2.38 bits per heavy atom. The third-order valence-corrected chi connectivity index (χ3v) is 1.51. The molecule has 0 aromatic carbocycles. The maximum absolute atomic E-state index is 12.0. The molecular weight excluding hydrogens is 182 g/mol. The number of hydrogen-bond donors (Lipinski definition) is 1. The quantitative estimate of drug-likeness (QED) is 0.767. The molecule has 1 aromatic rings. The first-order valence-corrected chi connectivity index (χ1v) is 3.66. The molecule has 6 heteroatoms. The van der Waals surface area contributed by atoms with Gasteiger partial charge in [0.05, 0.1) is 13.2 Å². The number of aromatic nitrogens is 1. The van der Waals surface area contributed by atoms with Crippen molar-refractivity contribution in [2.75, 3.05) is 7.11 Å². The summed E-state index contributed by atoms with van der Waals surface area (Å²) in [5.74, 6) is 0.557. The third kappa shape index (κ3) is 2.66. The monoisotopic (exact) mass is 192 g/mol. The van der Waals surface area contributed by atoms with Crippen LogP contribution in [0.1, 0.15) is 5.76 Å². The van der Waals surface area contributed by atoms with Gasteiger partial charge in [-0.25, -0.2) is 8.78 Å². The zero-order chi connectivity index (χ0) is 9.84. The van der Waals surface area contributed by atoms with Gasteiger partial charge >= 0.3 is 0 Å². The van der Waals surface area contributed by atoms with Crippen LogP contribution in [0.15, 0.2) is 10.6 Å². The molecule has 0 radical (unpaired) electrons. The van der Waals surface area contributed by atoms with Gasteiger partial charge in [-0.1, -0.05) is 0 Å². The summed E-state index contributed by atoms with van der Waals surface area (Å²) >= 11 is 0. The summed E-state index contributed by atoms with van der Waals surface area (Å²) < 4.78 is 33.4. The lowest BCUT2D eigenvalue weighted by molar-refractivity contribution is 0.112. The van der Waals surface area contributed by atoms with Crippen molar-refractivity contribution in [3.8, 4) is 5.88 Å². The van der Waals surface area contributed by atoms with Gasteiger partial charge in [0.1, 0.15) is 5.76 Å². The molecule has 1 atom stereocenters. The fourth-order valence-electron chi connectivity index (χ4n) is 0.808. The van der Waals surface area contributed by atoms with Crippen molar-refractivity contribution < 1.29 is 18.0 Å². The van der Waals surface area contributed by atoms with Gasteiger partial charge in [0.15, 0.2) is 0 Å². The van der Waals surface area contributed by atoms with Crippen LogP contribution in [0, 0.1) is 0 Å². The molecule has 0 fully saturated rings. The Balaban J connectivity index is 2.53. The number of alkyl halides is 2. The van der Waals surface area contributed by atoms with Gasteiger partial charge in [0, 0.05) is 12.5 Å². The molecule has 0 saturated heterocycles. The minimum absolute atomic E-state index is 0.0476. The molecule has 0 bridgehead atoms. The number of hydrogen-bond acceptors (Lipinski definition) is 4. The Morgan fingerprint density at radius 3 is 2.85 bits per heavy atom. The van der Waals surface area contributed by atoms with Crippen LogP contribution >= 0.6 is 0 Å². The fraction of sp³-hybridized carbons (Fsp3) is 0.571. The highest BCUT2D eigenvalue weighted by Crippen LogP contribution is 2.13. The van der Waals surface area contributed by atoms with E-state index in [2.05, 4.69) is 9.68 Å². The summed E-state index contributed by atoms with van der Waals surface area (Å²) in [6.07, 6.45) is -2.61. The number of rotatable bonds is 4. The highest BCUT2D eigenvalue weighted by atomic mass is 19.3. The second-order valence-corrected chi connectivity index (χ2v) is 2.54. The Labute approximate surface area is 73.6 Å². The fourth-order valence-corrected chi connectivity index (χ4v) is 0.808. The topological polar surface area (TPSA) is 61.3 Å². The van der Waals surface area contributed by atoms with E-state index in [0.29, 0.717) is 5.76 Å². The smallest absolute Gasteiger partial charge is 0.254 e. The largest absolute Gasteiger partial charge is 0.479 e. The molecule has 13 heavy (non-hydrogen) atoms. The van der Waals surface area contributed by atoms with Gasteiger partial charge in [-0.05, 0) is 5.16 Å². The highest BCUT2D eigenvalue weighted by molar-refractivity contribution is 5.11. The van der Waals surface area contributed by atoms with Crippen molar-refractivity contribution in [3.05, 3.63) is 11.8 Å². The predicted molar refractivity (Wildman–Crippen MR) is 40.7 cm³/mol. The highest BCUT2D eigenvalue weighted by Gasteiger charge is 2.18. The van der Waals surface area contributed by atoms with E-state index in [1.807, 2.05) is 0 Å². The van der Waals surface area contributed by atoms with Crippen LogP contribution in [0.4, 0.5) is 8.78 Å². The number of ether oxygens (including phenoxy) is 1. The second kappa shape index (κ2) is 4.18. The average Bonchev–Trinajstić information content (AvgIpc) is 2.52. The van der Waals surface area contributed by atoms with Crippen LogP contribution in [0.2, 0.25) is 0 Å². The molecule has 1 unspecified atom stereocenters. The minimum atomic E-state index is -2.56. The SMILES string of the molecule is COc1cc(CC(N)C(F)F)on1. The summed E-state index contributed by atoms with van der Waals surface area (Å²) in [7, 11) is 1.41. The van der Waals surface area contributed by atoms with E-state index in [1.54, 1.807) is 0 Å². The summed E-state index contributed by atoms with van der Waals surface area (Å²) in [5.41, 5.74) is 5.12. The first-order chi connectivity index (χ1) is 6.13. The molecule has 1 rings (SSSR count). The van der Waals surface area contributed by atoms with Crippen LogP contribution < -0.4 is 10.5 Å². The Hall–Kier alpha value is -1.17. The van der Waals surface area contributed by atoms with Crippen LogP contribution in [-0.2, 0) is 6.42 Å². The van der Waals surface area contributed by atoms with Gasteiger partial charge in [-0.3, -0.25) is 0 Å². The maximum Gasteiger partial charge on any atom is 0.254 e. The van der Waals surface area contributed by atoms with E-state index in [4.69, 9.17) is 10.5 Å². The van der Waals surface area contributed by atoms with E-state index in [-0.39, 0.29) is 12.3 Å². The molecule has 0 amide bonds. The number of nitrogens with zero attached hydrogens (tertiary/aromatic N) is 1. The van der Waals surface area contributed by atoms with Gasteiger partial charge in [0.25, 0.3) is 12.3 Å². The summed E-state index contributed by atoms with van der Waals surface area (Å²) in [5, 5.41) is 3.45. The minimum Gasteiger partial charge on any atom is -0.479 e. The normalized spacial score (nSPS) is 13.3. The van der Waals surface area contributed by atoms with Crippen molar-refractivity contribution in [1.82, 2.24) is 5.16 Å². The van der Waals surface area contributed by atoms with Crippen molar-refractivity contribution in [2.45, 2.75) is 18.9 Å². The number of halogens is 2. The summed E-state index contributed by atoms with van der Waals surface area (Å²) in [4.78, 5) is 0. The molecule has 0 aliphatic heterocycles. The molecule has 1 aromatic heterocycles. The average molecular weight is 192 g/mol. The van der Waals surface area contributed by atoms with E-state index in [1.165, 1.54) is 13.2 Å². The Kier molecular flexibility index (Phi) is 3.18. The number of nitrogens with two attached hydrogens (primary N) is 1. The molecule has 74 valence electrons. The standard InChI is InChI=1S/C7H10F2N2O2/c1-12-6-3-4(13-11-6)2-5(10)7(8)9/h3,5,7H,2,10H2,1H3. The zero-order valence-electron chi connectivity index (χ0n) is 7.04. The first kappa shape index (κ1) is 9.91. The Morgan fingerprint density at radius 1 is 1.69 bits per heavy atom. The Bertz CT molecular complexity index is 265. The lowest BCUT2D eigenvalue weighted by Gasteiger charge is -2.05. The maximum atomic E-state index is 12.0. The van der Waals surface area contributed by atoms with Gasteiger partial charge in [-0.15, -0.1) is 0 Å². The molecule has 1 heterocycles. The molecule has 0 spiro atoms. The number of methoxy groups -OCH3 is 1. The van der Waals surface area contributed by atoms with Crippen LogP contribution in [0.25, 0.3) is 0 Å². The van der Waals surface area contributed by atoms with Crippen LogP contribution in [0.5, 0.6) is 5.88 Å². The molecule has 0 saturated carbocycles. The predicted octanol–water partition coefficient (Wildman–Crippen LogP) is 0.818. The first-order valence-electron chi connectivity index (χ1n) is 3.66. The molecule has 4 nitrogen and oxygen atoms in total. The van der Waals surface area contributed by atoms with Crippen molar-refractivity contribution in [2.24, 2.45) is 5.73 Å². The van der Waals surface area contributed by atoms with E-state index in [0.717, 1.165) is 0 Å². The molecule has 0 aliphatic rings. The van der Waals surface area contributed by atoms with Gasteiger partial charge in [-0.2, -0.15) is 0 Å². The van der Waals surface area contributed by atoms with Crippen molar-refractivity contribution in [1.29, 1.82) is 0 Å². The zero-order valence-corrected chi connectivity index (χ0v) is 7.04. The summed E-state index contributed by atoms with van der Waals surface area (Å²) in [6, 6.07) is 0.208. The lowest BCUT2D eigenvalue weighted by atomic mass is 10.2. The van der Waals surface area contributed by atoms with Crippen LogP contribution in [-0.4, -0.2) is 24.7 Å². The molecule has 0 aliphatic carbocycles.